The Morgan fingerprint density at radius 1 is 1.07 bits per heavy atom. The predicted molar refractivity (Wildman–Crippen MR) is 113 cm³/mol. The number of nitriles is 1. The molecule has 0 aliphatic carbocycles. The molecular weight excluding hydrogens is 376 g/mol. The van der Waals surface area contributed by atoms with Crippen molar-refractivity contribution in [3.63, 3.8) is 0 Å². The van der Waals surface area contributed by atoms with Crippen LogP contribution in [-0.4, -0.2) is 44.6 Å². The number of rotatable bonds is 3. The summed E-state index contributed by atoms with van der Waals surface area (Å²) >= 11 is 0. The van der Waals surface area contributed by atoms with Crippen molar-refractivity contribution in [2.75, 3.05) is 29.4 Å². The molecule has 2 aliphatic heterocycles. The standard InChI is InChI=1S/C22H22N8/c1-14-8-17(29-12-16(10-23)13-29)9-20(27-14)30-7-4-19-18(15(30)2)11-26-22(28-19)21-24-5-3-6-25-21/h3,5-6,8-9,11,15-16H,4,7,12-13H2,1-2H3. The van der Waals surface area contributed by atoms with Crippen LogP contribution in [0.25, 0.3) is 11.6 Å². The molecule has 8 heteroatoms. The van der Waals surface area contributed by atoms with Crippen molar-refractivity contribution >= 4 is 11.5 Å². The largest absolute Gasteiger partial charge is 0.369 e. The van der Waals surface area contributed by atoms with Crippen molar-refractivity contribution in [1.29, 1.82) is 5.26 Å². The summed E-state index contributed by atoms with van der Waals surface area (Å²) in [7, 11) is 0. The van der Waals surface area contributed by atoms with Crippen molar-refractivity contribution < 1.29 is 0 Å². The first-order valence-corrected chi connectivity index (χ1v) is 10.2. The number of aryl methyl sites for hydroxylation is 1. The summed E-state index contributed by atoms with van der Waals surface area (Å²) in [5, 5.41) is 9.07. The Labute approximate surface area is 175 Å². The van der Waals surface area contributed by atoms with Gasteiger partial charge in [0.05, 0.1) is 23.7 Å². The molecule has 30 heavy (non-hydrogen) atoms. The zero-order chi connectivity index (χ0) is 20.7. The Kier molecular flexibility index (Phi) is 4.51. The maximum Gasteiger partial charge on any atom is 0.197 e. The normalized spacial score (nSPS) is 18.5. The summed E-state index contributed by atoms with van der Waals surface area (Å²) < 4.78 is 0. The molecule has 5 heterocycles. The third-order valence-corrected chi connectivity index (χ3v) is 5.82. The van der Waals surface area contributed by atoms with Gasteiger partial charge in [0.25, 0.3) is 0 Å². The minimum Gasteiger partial charge on any atom is -0.369 e. The molecule has 0 N–H and O–H groups in total. The van der Waals surface area contributed by atoms with E-state index in [0.29, 0.717) is 11.6 Å². The lowest BCUT2D eigenvalue weighted by molar-refractivity contribution is 0.504. The average molecular weight is 398 g/mol. The fourth-order valence-electron chi connectivity index (χ4n) is 4.13. The number of pyridine rings is 1. The summed E-state index contributed by atoms with van der Waals surface area (Å²) in [6.07, 6.45) is 6.11. The van der Waals surface area contributed by atoms with E-state index in [2.05, 4.69) is 49.9 Å². The molecule has 150 valence electrons. The molecule has 1 unspecified atom stereocenters. The van der Waals surface area contributed by atoms with Gasteiger partial charge < -0.3 is 9.80 Å². The van der Waals surface area contributed by atoms with Gasteiger partial charge in [-0.25, -0.2) is 24.9 Å². The van der Waals surface area contributed by atoms with Crippen LogP contribution in [0.15, 0.2) is 36.8 Å². The highest BCUT2D eigenvalue weighted by Crippen LogP contribution is 2.35. The van der Waals surface area contributed by atoms with Crippen LogP contribution in [0.5, 0.6) is 0 Å². The molecule has 8 nitrogen and oxygen atoms in total. The van der Waals surface area contributed by atoms with Crippen molar-refractivity contribution in [3.05, 3.63) is 53.7 Å². The topological polar surface area (TPSA) is 94.7 Å². The fraction of sp³-hybridized carbons (Fsp3) is 0.364. The Morgan fingerprint density at radius 2 is 1.87 bits per heavy atom. The molecule has 0 saturated carbocycles. The average Bonchev–Trinajstić information content (AvgIpc) is 2.73. The number of aromatic nitrogens is 5. The van der Waals surface area contributed by atoms with E-state index >= 15 is 0 Å². The fourth-order valence-corrected chi connectivity index (χ4v) is 4.13. The van der Waals surface area contributed by atoms with E-state index in [9.17, 15) is 0 Å². The molecule has 0 amide bonds. The zero-order valence-corrected chi connectivity index (χ0v) is 17.0. The highest BCUT2D eigenvalue weighted by Gasteiger charge is 2.30. The van der Waals surface area contributed by atoms with Crippen LogP contribution in [0.2, 0.25) is 0 Å². The minimum absolute atomic E-state index is 0.116. The summed E-state index contributed by atoms with van der Waals surface area (Å²) in [4.78, 5) is 27.1. The lowest BCUT2D eigenvalue weighted by atomic mass is 9.99. The van der Waals surface area contributed by atoms with Crippen LogP contribution < -0.4 is 9.80 Å². The van der Waals surface area contributed by atoms with E-state index in [1.807, 2.05) is 13.1 Å². The number of fused-ring (bicyclic) bond motifs is 1. The highest BCUT2D eigenvalue weighted by atomic mass is 15.2. The molecule has 2 aliphatic rings. The first-order chi connectivity index (χ1) is 14.6. The van der Waals surface area contributed by atoms with Gasteiger partial charge in [-0.15, -0.1) is 0 Å². The molecule has 1 fully saturated rings. The van der Waals surface area contributed by atoms with Gasteiger partial charge in [0.2, 0.25) is 0 Å². The van der Waals surface area contributed by atoms with Crippen LogP contribution in [-0.2, 0) is 6.42 Å². The molecule has 1 saturated heterocycles. The van der Waals surface area contributed by atoms with Gasteiger partial charge >= 0.3 is 0 Å². The number of anilines is 2. The van der Waals surface area contributed by atoms with E-state index < -0.39 is 0 Å². The number of hydrogen-bond donors (Lipinski definition) is 0. The molecule has 0 radical (unpaired) electrons. The zero-order valence-electron chi connectivity index (χ0n) is 17.0. The lowest BCUT2D eigenvalue weighted by Crippen LogP contribution is -2.46. The van der Waals surface area contributed by atoms with Crippen LogP contribution in [0.3, 0.4) is 0 Å². The third kappa shape index (κ3) is 3.22. The van der Waals surface area contributed by atoms with Crippen LogP contribution >= 0.6 is 0 Å². The monoisotopic (exact) mass is 398 g/mol. The van der Waals surface area contributed by atoms with Crippen molar-refractivity contribution in [2.24, 2.45) is 5.92 Å². The molecule has 0 spiro atoms. The Morgan fingerprint density at radius 3 is 2.63 bits per heavy atom. The van der Waals surface area contributed by atoms with E-state index in [1.165, 1.54) is 0 Å². The Hall–Kier alpha value is -3.60. The van der Waals surface area contributed by atoms with E-state index in [-0.39, 0.29) is 12.0 Å². The van der Waals surface area contributed by atoms with Crippen LogP contribution in [0.4, 0.5) is 11.5 Å². The Bertz CT molecular complexity index is 1120. The lowest BCUT2D eigenvalue weighted by Gasteiger charge is -2.39. The Balaban J connectivity index is 1.42. The van der Waals surface area contributed by atoms with Crippen LogP contribution in [0, 0.1) is 24.2 Å². The SMILES string of the molecule is Cc1cc(N2CC(C#N)C2)cc(N2CCc3nc(-c4ncccn4)ncc3C2C)n1. The molecule has 1 atom stereocenters. The molecule has 3 aromatic rings. The quantitative estimate of drug-likeness (QED) is 0.665. The first kappa shape index (κ1) is 18.4. The van der Waals surface area contributed by atoms with Crippen molar-refractivity contribution in [3.8, 4) is 17.7 Å². The van der Waals surface area contributed by atoms with E-state index in [1.54, 1.807) is 18.5 Å². The summed E-state index contributed by atoms with van der Waals surface area (Å²) in [5.74, 6) is 2.20. The van der Waals surface area contributed by atoms with Gasteiger partial charge in [0, 0.05) is 67.7 Å². The second kappa shape index (κ2) is 7.34. The number of hydrogen-bond acceptors (Lipinski definition) is 8. The smallest absolute Gasteiger partial charge is 0.197 e. The molecule has 5 rings (SSSR count). The highest BCUT2D eigenvalue weighted by molar-refractivity contribution is 5.60. The molecule has 0 bridgehead atoms. The molecular formula is C22H22N8. The summed E-state index contributed by atoms with van der Waals surface area (Å²) in [5.41, 5.74) is 4.27. The van der Waals surface area contributed by atoms with Gasteiger partial charge in [0.15, 0.2) is 11.6 Å². The molecule has 0 aromatic carbocycles. The second-order valence-corrected chi connectivity index (χ2v) is 7.84. The van der Waals surface area contributed by atoms with Crippen molar-refractivity contribution in [2.45, 2.75) is 26.3 Å². The van der Waals surface area contributed by atoms with Gasteiger partial charge in [0.1, 0.15) is 5.82 Å². The maximum absolute atomic E-state index is 9.07. The predicted octanol–water partition coefficient (Wildman–Crippen LogP) is 2.72. The summed E-state index contributed by atoms with van der Waals surface area (Å²) in [6, 6.07) is 8.46. The van der Waals surface area contributed by atoms with Gasteiger partial charge in [-0.3, -0.25) is 0 Å². The first-order valence-electron chi connectivity index (χ1n) is 10.2. The maximum atomic E-state index is 9.07. The van der Waals surface area contributed by atoms with Crippen molar-refractivity contribution in [1.82, 2.24) is 24.9 Å². The van der Waals surface area contributed by atoms with E-state index in [4.69, 9.17) is 15.2 Å². The van der Waals surface area contributed by atoms with Gasteiger partial charge in [-0.1, -0.05) is 0 Å². The van der Waals surface area contributed by atoms with E-state index in [0.717, 1.165) is 54.5 Å². The number of nitrogens with zero attached hydrogens (tertiary/aromatic N) is 8. The molecule has 3 aromatic heterocycles. The summed E-state index contributed by atoms with van der Waals surface area (Å²) in [6.45, 7) is 6.59. The minimum atomic E-state index is 0.116. The van der Waals surface area contributed by atoms with Gasteiger partial charge in [-0.05, 0) is 26.0 Å². The second-order valence-electron chi connectivity index (χ2n) is 7.84. The third-order valence-electron chi connectivity index (χ3n) is 5.82. The van der Waals surface area contributed by atoms with Gasteiger partial charge in [-0.2, -0.15) is 5.26 Å². The van der Waals surface area contributed by atoms with Crippen LogP contribution in [0.1, 0.15) is 29.9 Å².